The first-order valence-corrected chi connectivity index (χ1v) is 6.98. The van der Waals surface area contributed by atoms with Gasteiger partial charge in [-0.15, -0.1) is 0 Å². The van der Waals surface area contributed by atoms with Crippen molar-refractivity contribution in [1.29, 1.82) is 0 Å². The zero-order chi connectivity index (χ0) is 15.1. The molecule has 7 heteroatoms. The molecular formula is C14H14F2N2O2S. The molecular weight excluding hydrogens is 298 g/mol. The van der Waals surface area contributed by atoms with Crippen LogP contribution in [0, 0.1) is 16.4 Å². The minimum Gasteiger partial charge on any atom is -0.368 e. The largest absolute Gasteiger partial charge is 0.368 e. The van der Waals surface area contributed by atoms with Crippen LogP contribution in [0.3, 0.4) is 0 Å². The van der Waals surface area contributed by atoms with E-state index in [1.165, 1.54) is 18.2 Å². The summed E-state index contributed by atoms with van der Waals surface area (Å²) in [5.74, 6) is -1.47. The number of aromatic nitrogens is 2. The number of aliphatic hydroxyl groups is 2. The minimum absolute atomic E-state index is 0.0123. The number of aliphatic hydroxyl groups excluding tert-OH is 1. The normalized spacial score (nSPS) is 17.5. The lowest BCUT2D eigenvalue weighted by atomic mass is 9.95. The monoisotopic (exact) mass is 312 g/mol. The summed E-state index contributed by atoms with van der Waals surface area (Å²) in [6.07, 6.45) is -1.07. The summed E-state index contributed by atoms with van der Waals surface area (Å²) in [5, 5.41) is 18.2. The summed E-state index contributed by atoms with van der Waals surface area (Å²) in [6.45, 7) is 0.379. The lowest BCUT2D eigenvalue weighted by molar-refractivity contribution is -0.0389. The number of hydrogen-bond donors (Lipinski definition) is 3. The van der Waals surface area contributed by atoms with E-state index in [1.54, 1.807) is 4.57 Å². The summed E-state index contributed by atoms with van der Waals surface area (Å²) in [7, 11) is 0. The van der Waals surface area contributed by atoms with E-state index in [1.807, 2.05) is 0 Å². The summed E-state index contributed by atoms with van der Waals surface area (Å²) in [4.78, 5) is 2.92. The highest BCUT2D eigenvalue weighted by Crippen LogP contribution is 2.34. The third-order valence-electron chi connectivity index (χ3n) is 3.81. The van der Waals surface area contributed by atoms with E-state index >= 15 is 0 Å². The smallest absolute Gasteiger partial charge is 0.177 e. The van der Waals surface area contributed by atoms with Crippen LogP contribution in [0.1, 0.15) is 22.9 Å². The van der Waals surface area contributed by atoms with Gasteiger partial charge in [0.2, 0.25) is 0 Å². The number of fused-ring (bicyclic) bond motifs is 1. The van der Waals surface area contributed by atoms with E-state index < -0.39 is 17.9 Å². The molecule has 0 saturated carbocycles. The highest BCUT2D eigenvalue weighted by atomic mass is 32.1. The van der Waals surface area contributed by atoms with Crippen LogP contribution in [0.4, 0.5) is 8.78 Å². The van der Waals surface area contributed by atoms with Crippen LogP contribution in [0.5, 0.6) is 0 Å². The van der Waals surface area contributed by atoms with E-state index in [4.69, 9.17) is 22.4 Å². The number of hydrogen-bond acceptors (Lipinski definition) is 3. The van der Waals surface area contributed by atoms with Gasteiger partial charge in [0.25, 0.3) is 0 Å². The quantitative estimate of drug-likeness (QED) is 0.600. The number of halogens is 2. The Balaban J connectivity index is 1.97. The Bertz CT molecular complexity index is 719. The molecule has 0 fully saturated rings. The minimum atomic E-state index is -1.49. The molecule has 0 amide bonds. The van der Waals surface area contributed by atoms with E-state index in [-0.39, 0.29) is 17.9 Å². The van der Waals surface area contributed by atoms with E-state index in [0.717, 1.165) is 5.69 Å². The van der Waals surface area contributed by atoms with Gasteiger partial charge in [0, 0.05) is 35.8 Å². The molecule has 0 unspecified atom stereocenters. The molecule has 1 aliphatic rings. The molecule has 2 aromatic rings. The zero-order valence-electron chi connectivity index (χ0n) is 11.0. The molecule has 3 rings (SSSR count). The first-order chi connectivity index (χ1) is 9.97. The van der Waals surface area contributed by atoms with Gasteiger partial charge in [-0.25, -0.2) is 8.78 Å². The average Bonchev–Trinajstić information content (AvgIpc) is 2.92. The Labute approximate surface area is 124 Å². The van der Waals surface area contributed by atoms with Gasteiger partial charge in [-0.05, 0) is 30.8 Å². The van der Waals surface area contributed by atoms with Gasteiger partial charge in [0.1, 0.15) is 11.6 Å². The molecule has 0 bridgehead atoms. The van der Waals surface area contributed by atoms with Crippen molar-refractivity contribution >= 4 is 12.2 Å². The summed E-state index contributed by atoms with van der Waals surface area (Å²) in [5.41, 5.74) is 1.45. The molecule has 1 aliphatic heterocycles. The van der Waals surface area contributed by atoms with Gasteiger partial charge in [-0.1, -0.05) is 6.07 Å². The molecule has 112 valence electrons. The highest BCUT2D eigenvalue weighted by Gasteiger charge is 2.30. The van der Waals surface area contributed by atoms with Crippen LogP contribution < -0.4 is 0 Å². The van der Waals surface area contributed by atoms with Crippen LogP contribution in [0.15, 0.2) is 18.2 Å². The number of nitrogens with zero attached hydrogens (tertiary/aromatic N) is 1. The van der Waals surface area contributed by atoms with Crippen molar-refractivity contribution in [3.63, 3.8) is 0 Å². The van der Waals surface area contributed by atoms with Gasteiger partial charge >= 0.3 is 0 Å². The van der Waals surface area contributed by atoms with Gasteiger partial charge < -0.3 is 19.8 Å². The van der Waals surface area contributed by atoms with Crippen molar-refractivity contribution in [2.75, 3.05) is 0 Å². The number of benzene rings is 1. The number of imidazole rings is 1. The summed E-state index contributed by atoms with van der Waals surface area (Å²) in [6, 6.07) is 3.82. The van der Waals surface area contributed by atoms with E-state index in [0.29, 0.717) is 23.4 Å². The second-order valence-corrected chi connectivity index (χ2v) is 5.57. The predicted molar refractivity (Wildman–Crippen MR) is 74.3 cm³/mol. The molecule has 0 radical (unpaired) electrons. The highest BCUT2D eigenvalue weighted by molar-refractivity contribution is 7.71. The molecule has 1 atom stereocenters. The maximum Gasteiger partial charge on any atom is 0.177 e. The van der Waals surface area contributed by atoms with Crippen LogP contribution in [-0.4, -0.2) is 26.1 Å². The topological polar surface area (TPSA) is 61.2 Å². The molecule has 0 spiro atoms. The van der Waals surface area contributed by atoms with Gasteiger partial charge in [0.05, 0.1) is 0 Å². The van der Waals surface area contributed by atoms with Crippen LogP contribution in [0.2, 0.25) is 0 Å². The lowest BCUT2D eigenvalue weighted by Crippen LogP contribution is -2.11. The van der Waals surface area contributed by atoms with Crippen molar-refractivity contribution in [3.8, 4) is 0 Å². The number of aromatic amines is 1. The fraction of sp³-hybridized carbons (Fsp3) is 0.357. The van der Waals surface area contributed by atoms with Gasteiger partial charge in [0.15, 0.2) is 11.1 Å². The Kier molecular flexibility index (Phi) is 3.64. The van der Waals surface area contributed by atoms with Gasteiger partial charge in [-0.2, -0.15) is 0 Å². The molecule has 3 N–H and O–H groups in total. The fourth-order valence-electron chi connectivity index (χ4n) is 2.94. The predicted octanol–water partition coefficient (Wildman–Crippen LogP) is 2.02. The van der Waals surface area contributed by atoms with Crippen molar-refractivity contribution < 1.29 is 19.0 Å². The van der Waals surface area contributed by atoms with Crippen LogP contribution in [0.25, 0.3) is 0 Å². The Morgan fingerprint density at radius 2 is 2.00 bits per heavy atom. The third-order valence-corrected chi connectivity index (χ3v) is 4.14. The molecule has 1 aromatic carbocycles. The SMILES string of the molecule is OC(O)Cc1[nH]c(=S)n2c1C[C@H](c1c(F)cccc1F)C2. The standard InChI is InChI=1S/C14H14F2N2O2S/c15-8-2-1-3-9(16)13(8)7-4-11-10(5-12(19)20)17-14(21)18(11)6-7/h1-3,7,12,19-20H,4-6H2,(H,17,21)/t7-/m0/s1. The average molecular weight is 312 g/mol. The second-order valence-electron chi connectivity index (χ2n) is 5.19. The molecule has 0 aliphatic carbocycles. The lowest BCUT2D eigenvalue weighted by Gasteiger charge is -2.12. The number of nitrogens with one attached hydrogen (secondary N) is 1. The maximum absolute atomic E-state index is 13.9. The molecule has 2 heterocycles. The third kappa shape index (κ3) is 2.52. The van der Waals surface area contributed by atoms with Crippen molar-refractivity contribution in [2.24, 2.45) is 0 Å². The van der Waals surface area contributed by atoms with Crippen LogP contribution in [-0.2, 0) is 19.4 Å². The van der Waals surface area contributed by atoms with Crippen molar-refractivity contribution in [2.45, 2.75) is 31.6 Å². The van der Waals surface area contributed by atoms with Crippen LogP contribution >= 0.6 is 12.2 Å². The Morgan fingerprint density at radius 1 is 1.33 bits per heavy atom. The Morgan fingerprint density at radius 3 is 2.62 bits per heavy atom. The first-order valence-electron chi connectivity index (χ1n) is 6.58. The van der Waals surface area contributed by atoms with Crippen molar-refractivity contribution in [3.05, 3.63) is 51.6 Å². The summed E-state index contributed by atoms with van der Waals surface area (Å²) >= 11 is 5.18. The van der Waals surface area contributed by atoms with Gasteiger partial charge in [-0.3, -0.25) is 0 Å². The summed E-state index contributed by atoms with van der Waals surface area (Å²) < 4.78 is 30.0. The fourth-order valence-corrected chi connectivity index (χ4v) is 3.25. The molecule has 0 saturated heterocycles. The Hall–Kier alpha value is -1.57. The molecule has 21 heavy (non-hydrogen) atoms. The second kappa shape index (κ2) is 5.32. The number of rotatable bonds is 3. The van der Waals surface area contributed by atoms with E-state index in [9.17, 15) is 8.78 Å². The first kappa shape index (κ1) is 14.4. The number of H-pyrrole nitrogens is 1. The maximum atomic E-state index is 13.9. The van der Waals surface area contributed by atoms with Crippen molar-refractivity contribution in [1.82, 2.24) is 9.55 Å². The zero-order valence-corrected chi connectivity index (χ0v) is 11.8. The van der Waals surface area contributed by atoms with E-state index in [2.05, 4.69) is 4.98 Å². The molecule has 4 nitrogen and oxygen atoms in total. The molecule has 1 aromatic heterocycles.